The Hall–Kier alpha value is -0.330. The van der Waals surface area contributed by atoms with Crippen LogP contribution in [0.2, 0.25) is 10.0 Å². The minimum atomic E-state index is -3.60. The molecule has 2 fully saturated rings. The van der Waals surface area contributed by atoms with Gasteiger partial charge in [0.25, 0.3) is 0 Å². The molecule has 1 unspecified atom stereocenters. The third kappa shape index (κ3) is 3.37. The fourth-order valence-corrected chi connectivity index (χ4v) is 5.21. The van der Waals surface area contributed by atoms with Crippen LogP contribution in [0.3, 0.4) is 0 Å². The van der Waals surface area contributed by atoms with Crippen LogP contribution in [0.4, 0.5) is 0 Å². The van der Waals surface area contributed by atoms with Crippen molar-refractivity contribution in [2.75, 3.05) is 13.1 Å². The fraction of sp³-hybridized carbons (Fsp3) is 0.571. The van der Waals surface area contributed by atoms with Gasteiger partial charge in [0.05, 0.1) is 5.02 Å². The Labute approximate surface area is 135 Å². The smallest absolute Gasteiger partial charge is 0.244 e. The van der Waals surface area contributed by atoms with Crippen LogP contribution in [0, 0.1) is 0 Å². The van der Waals surface area contributed by atoms with E-state index in [9.17, 15) is 8.42 Å². The van der Waals surface area contributed by atoms with Crippen molar-refractivity contribution in [3.8, 4) is 0 Å². The second-order valence-corrected chi connectivity index (χ2v) is 8.38. The van der Waals surface area contributed by atoms with E-state index in [0.717, 1.165) is 32.2 Å². The molecule has 1 aromatic rings. The number of halogens is 2. The molecule has 0 radical (unpaired) electrons. The summed E-state index contributed by atoms with van der Waals surface area (Å²) in [6.45, 7) is 1.47. The molecule has 4 nitrogen and oxygen atoms in total. The van der Waals surface area contributed by atoms with Crippen molar-refractivity contribution in [2.24, 2.45) is 0 Å². The Morgan fingerprint density at radius 2 is 2.00 bits per heavy atom. The zero-order chi connectivity index (χ0) is 15.0. The van der Waals surface area contributed by atoms with Gasteiger partial charge in [-0.15, -0.1) is 0 Å². The molecule has 1 aliphatic heterocycles. The first kappa shape index (κ1) is 15.6. The van der Waals surface area contributed by atoms with E-state index >= 15 is 0 Å². The number of hydrogen-bond donors (Lipinski definition) is 1. The minimum absolute atomic E-state index is 0.104. The maximum Gasteiger partial charge on any atom is 0.244 e. The molecule has 1 aromatic carbocycles. The Balaban J connectivity index is 1.91. The van der Waals surface area contributed by atoms with Gasteiger partial charge >= 0.3 is 0 Å². The van der Waals surface area contributed by atoms with Crippen molar-refractivity contribution in [3.63, 3.8) is 0 Å². The number of nitrogens with one attached hydrogen (secondary N) is 1. The SMILES string of the molecule is O=S(=O)(c1cc(Cl)ccc1Cl)N(CC1CCCN1)C1CC1. The van der Waals surface area contributed by atoms with Crippen molar-refractivity contribution < 1.29 is 8.42 Å². The molecule has 7 heteroatoms. The van der Waals surface area contributed by atoms with Crippen LogP contribution in [0.1, 0.15) is 25.7 Å². The number of nitrogens with zero attached hydrogens (tertiary/aromatic N) is 1. The molecule has 1 N–H and O–H groups in total. The lowest BCUT2D eigenvalue weighted by atomic mass is 10.2. The van der Waals surface area contributed by atoms with Crippen molar-refractivity contribution >= 4 is 33.2 Å². The summed E-state index contributed by atoms with van der Waals surface area (Å²) < 4.78 is 27.5. The highest BCUT2D eigenvalue weighted by molar-refractivity contribution is 7.89. The molecule has 1 aliphatic carbocycles. The maximum absolute atomic E-state index is 12.9. The van der Waals surface area contributed by atoms with Gasteiger partial charge in [-0.1, -0.05) is 23.2 Å². The monoisotopic (exact) mass is 348 g/mol. The van der Waals surface area contributed by atoms with Crippen molar-refractivity contribution in [1.82, 2.24) is 9.62 Å². The number of sulfonamides is 1. The summed E-state index contributed by atoms with van der Waals surface area (Å²) in [6, 6.07) is 4.92. The summed E-state index contributed by atoms with van der Waals surface area (Å²) in [4.78, 5) is 0.113. The molecule has 3 rings (SSSR count). The quantitative estimate of drug-likeness (QED) is 0.889. The highest BCUT2D eigenvalue weighted by Crippen LogP contribution is 2.35. The molecular weight excluding hydrogens is 331 g/mol. The lowest BCUT2D eigenvalue weighted by Gasteiger charge is -2.25. The summed E-state index contributed by atoms with van der Waals surface area (Å²) in [5.74, 6) is 0. The Morgan fingerprint density at radius 3 is 2.62 bits per heavy atom. The van der Waals surface area contributed by atoms with Crippen LogP contribution in [-0.2, 0) is 10.0 Å². The molecule has 0 aromatic heterocycles. The van der Waals surface area contributed by atoms with Crippen molar-refractivity contribution in [2.45, 2.75) is 42.7 Å². The van der Waals surface area contributed by atoms with E-state index in [-0.39, 0.29) is 22.0 Å². The van der Waals surface area contributed by atoms with Crippen LogP contribution in [0.15, 0.2) is 23.1 Å². The van der Waals surface area contributed by atoms with Gasteiger partial charge in [-0.2, -0.15) is 4.31 Å². The summed E-state index contributed by atoms with van der Waals surface area (Å²) in [7, 11) is -3.60. The van der Waals surface area contributed by atoms with E-state index in [1.807, 2.05) is 0 Å². The first-order valence-electron chi connectivity index (χ1n) is 7.19. The molecule has 1 heterocycles. The highest BCUT2D eigenvalue weighted by atomic mass is 35.5. The van der Waals surface area contributed by atoms with E-state index in [1.165, 1.54) is 12.1 Å². The van der Waals surface area contributed by atoms with Crippen molar-refractivity contribution in [1.29, 1.82) is 0 Å². The number of rotatable bonds is 5. The van der Waals surface area contributed by atoms with Gasteiger partial charge in [0.15, 0.2) is 0 Å². The maximum atomic E-state index is 12.9. The Kier molecular flexibility index (Phi) is 4.48. The van der Waals surface area contributed by atoms with Gasteiger partial charge < -0.3 is 5.32 Å². The normalized spacial score (nSPS) is 22.9. The van der Waals surface area contributed by atoms with Gasteiger partial charge in [0, 0.05) is 23.7 Å². The molecule has 1 atom stereocenters. The molecule has 1 saturated heterocycles. The molecule has 2 aliphatic rings. The summed E-state index contributed by atoms with van der Waals surface area (Å²) in [5, 5.41) is 3.96. The van der Waals surface area contributed by atoms with E-state index in [2.05, 4.69) is 5.32 Å². The molecule has 0 bridgehead atoms. The van der Waals surface area contributed by atoms with E-state index in [1.54, 1.807) is 10.4 Å². The van der Waals surface area contributed by atoms with Gasteiger partial charge in [-0.25, -0.2) is 8.42 Å². The van der Waals surface area contributed by atoms with Crippen molar-refractivity contribution in [3.05, 3.63) is 28.2 Å². The Bertz CT molecular complexity index is 626. The third-order valence-corrected chi connectivity index (χ3v) is 6.63. The molecular formula is C14H18Cl2N2O2S. The number of hydrogen-bond acceptors (Lipinski definition) is 3. The molecule has 0 amide bonds. The molecule has 116 valence electrons. The minimum Gasteiger partial charge on any atom is -0.313 e. The van der Waals surface area contributed by atoms with E-state index < -0.39 is 10.0 Å². The predicted molar refractivity (Wildman–Crippen MR) is 84.4 cm³/mol. The van der Waals surface area contributed by atoms with Crippen LogP contribution in [-0.4, -0.2) is 37.9 Å². The van der Waals surface area contributed by atoms with Gasteiger partial charge in [-0.05, 0) is 50.4 Å². The molecule has 21 heavy (non-hydrogen) atoms. The van der Waals surface area contributed by atoms with Gasteiger partial charge in [-0.3, -0.25) is 0 Å². The fourth-order valence-electron chi connectivity index (χ4n) is 2.74. The lowest BCUT2D eigenvalue weighted by Crippen LogP contribution is -2.42. The highest BCUT2D eigenvalue weighted by Gasteiger charge is 2.40. The second kappa shape index (κ2) is 6.05. The van der Waals surface area contributed by atoms with E-state index in [4.69, 9.17) is 23.2 Å². The van der Waals surface area contributed by atoms with E-state index in [0.29, 0.717) is 11.6 Å². The van der Waals surface area contributed by atoms with Gasteiger partial charge in [0.1, 0.15) is 4.90 Å². The Morgan fingerprint density at radius 1 is 1.24 bits per heavy atom. The largest absolute Gasteiger partial charge is 0.313 e. The molecule has 0 spiro atoms. The van der Waals surface area contributed by atoms with Crippen LogP contribution < -0.4 is 5.32 Å². The first-order valence-corrected chi connectivity index (χ1v) is 9.38. The molecule has 1 saturated carbocycles. The standard InChI is InChI=1S/C14H18Cl2N2O2S/c15-10-3-6-13(16)14(8-10)21(19,20)18(12-4-5-12)9-11-2-1-7-17-11/h3,6,8,11-12,17H,1-2,4-5,7,9H2. The average Bonchev–Trinajstić information content (AvgIpc) is 3.14. The first-order chi connectivity index (χ1) is 9.98. The zero-order valence-corrected chi connectivity index (χ0v) is 13.9. The summed E-state index contributed by atoms with van der Waals surface area (Å²) >= 11 is 12.0. The average molecular weight is 349 g/mol. The summed E-state index contributed by atoms with van der Waals surface area (Å²) in [6.07, 6.45) is 3.96. The summed E-state index contributed by atoms with van der Waals surface area (Å²) in [5.41, 5.74) is 0. The number of benzene rings is 1. The topological polar surface area (TPSA) is 49.4 Å². The van der Waals surface area contributed by atoms with Crippen LogP contribution >= 0.6 is 23.2 Å². The third-order valence-electron chi connectivity index (χ3n) is 4.00. The van der Waals surface area contributed by atoms with Crippen LogP contribution in [0.5, 0.6) is 0 Å². The van der Waals surface area contributed by atoms with Gasteiger partial charge in [0.2, 0.25) is 10.0 Å². The zero-order valence-electron chi connectivity index (χ0n) is 11.6. The lowest BCUT2D eigenvalue weighted by molar-refractivity contribution is 0.363. The second-order valence-electron chi connectivity index (χ2n) is 5.67. The predicted octanol–water partition coefficient (Wildman–Crippen LogP) is 2.90. The van der Waals surface area contributed by atoms with Crippen LogP contribution in [0.25, 0.3) is 0 Å².